The Labute approximate surface area is 118 Å². The molecular formula is C15H20O5. The second kappa shape index (κ2) is 8.22. The monoisotopic (exact) mass is 280 g/mol. The number of rotatable bonds is 7. The van der Waals surface area contributed by atoms with Gasteiger partial charge in [0, 0.05) is 18.6 Å². The number of methoxy groups -OCH3 is 2. The minimum absolute atomic E-state index is 0.311. The molecular weight excluding hydrogens is 260 g/mol. The molecule has 0 saturated heterocycles. The fraction of sp³-hybridized carbons (Fsp3) is 0.400. The highest BCUT2D eigenvalue weighted by atomic mass is 16.5. The fourth-order valence-electron chi connectivity index (χ4n) is 1.69. The topological polar surface area (TPSA) is 65.0 Å². The molecule has 1 atom stereocenters. The zero-order chi connectivity index (χ0) is 15.0. The van der Waals surface area contributed by atoms with Gasteiger partial charge in [0.2, 0.25) is 0 Å². The summed E-state index contributed by atoms with van der Waals surface area (Å²) in [5.74, 6) is 0.850. The molecule has 0 aromatic heterocycles. The van der Waals surface area contributed by atoms with Crippen LogP contribution in [0, 0.1) is 0 Å². The van der Waals surface area contributed by atoms with E-state index in [9.17, 15) is 9.90 Å². The van der Waals surface area contributed by atoms with Crippen molar-refractivity contribution in [2.75, 3.05) is 20.8 Å². The van der Waals surface area contributed by atoms with Gasteiger partial charge in [-0.3, -0.25) is 0 Å². The lowest BCUT2D eigenvalue weighted by molar-refractivity contribution is -0.137. The average Bonchev–Trinajstić information content (AvgIpc) is 2.46. The highest BCUT2D eigenvalue weighted by Gasteiger charge is 2.09. The first-order valence-electron chi connectivity index (χ1n) is 6.34. The lowest BCUT2D eigenvalue weighted by atomic mass is 10.1. The molecule has 0 heterocycles. The van der Waals surface area contributed by atoms with E-state index in [4.69, 9.17) is 14.2 Å². The molecule has 0 unspecified atom stereocenters. The largest absolute Gasteiger partial charge is 0.497 e. The van der Waals surface area contributed by atoms with E-state index >= 15 is 0 Å². The molecule has 1 N–H and O–H groups in total. The van der Waals surface area contributed by atoms with Gasteiger partial charge in [-0.15, -0.1) is 0 Å². The number of carbonyl (C=O) groups is 1. The van der Waals surface area contributed by atoms with E-state index in [0.717, 1.165) is 5.56 Å². The Morgan fingerprint density at radius 1 is 1.35 bits per heavy atom. The second-order valence-corrected chi connectivity index (χ2v) is 4.06. The van der Waals surface area contributed by atoms with Gasteiger partial charge in [0.15, 0.2) is 0 Å². The summed E-state index contributed by atoms with van der Waals surface area (Å²) in [5.41, 5.74) is 0.828. The SMILES string of the molecule is CCOC(=O)/C=C/[C@@H](O)Cc1ccc(OC)cc1OC. The third kappa shape index (κ3) is 4.93. The lowest BCUT2D eigenvalue weighted by Crippen LogP contribution is -2.09. The highest BCUT2D eigenvalue weighted by Crippen LogP contribution is 2.25. The number of esters is 1. The minimum Gasteiger partial charge on any atom is -0.497 e. The molecule has 0 bridgehead atoms. The lowest BCUT2D eigenvalue weighted by Gasteiger charge is -2.12. The van der Waals surface area contributed by atoms with E-state index in [1.165, 1.54) is 12.2 Å². The van der Waals surface area contributed by atoms with Crippen LogP contribution < -0.4 is 9.47 Å². The molecule has 0 fully saturated rings. The van der Waals surface area contributed by atoms with E-state index < -0.39 is 12.1 Å². The summed E-state index contributed by atoms with van der Waals surface area (Å²) in [6, 6.07) is 5.36. The van der Waals surface area contributed by atoms with Gasteiger partial charge in [0.25, 0.3) is 0 Å². The highest BCUT2D eigenvalue weighted by molar-refractivity contribution is 5.81. The molecule has 0 aliphatic rings. The summed E-state index contributed by atoms with van der Waals surface area (Å²) in [6.07, 6.45) is 2.18. The van der Waals surface area contributed by atoms with Crippen LogP contribution in [-0.4, -0.2) is 38.0 Å². The number of hydrogen-bond acceptors (Lipinski definition) is 5. The van der Waals surface area contributed by atoms with Crippen molar-refractivity contribution in [3.05, 3.63) is 35.9 Å². The maximum atomic E-state index is 11.1. The van der Waals surface area contributed by atoms with Gasteiger partial charge in [-0.05, 0) is 24.6 Å². The predicted octanol–water partition coefficient (Wildman–Crippen LogP) is 1.73. The molecule has 0 amide bonds. The Morgan fingerprint density at radius 3 is 2.70 bits per heavy atom. The molecule has 1 rings (SSSR count). The number of aliphatic hydroxyl groups is 1. The number of aliphatic hydroxyl groups excluding tert-OH is 1. The van der Waals surface area contributed by atoms with Gasteiger partial charge in [-0.25, -0.2) is 4.79 Å². The van der Waals surface area contributed by atoms with Crippen molar-refractivity contribution in [3.63, 3.8) is 0 Å². The van der Waals surface area contributed by atoms with Crippen LogP contribution in [-0.2, 0) is 16.0 Å². The van der Waals surface area contributed by atoms with E-state index in [1.54, 1.807) is 33.3 Å². The number of hydrogen-bond donors (Lipinski definition) is 1. The minimum atomic E-state index is -0.790. The first-order chi connectivity index (χ1) is 9.60. The van der Waals surface area contributed by atoms with Gasteiger partial charge in [-0.2, -0.15) is 0 Å². The van der Waals surface area contributed by atoms with Crippen molar-refractivity contribution in [1.82, 2.24) is 0 Å². The number of benzene rings is 1. The van der Waals surface area contributed by atoms with Gasteiger partial charge < -0.3 is 19.3 Å². The van der Waals surface area contributed by atoms with Crippen molar-refractivity contribution in [2.45, 2.75) is 19.4 Å². The van der Waals surface area contributed by atoms with Crippen LogP contribution in [0.4, 0.5) is 0 Å². The molecule has 1 aromatic rings. The van der Waals surface area contributed by atoms with Crippen LogP contribution in [0.3, 0.4) is 0 Å². The van der Waals surface area contributed by atoms with Crippen molar-refractivity contribution < 1.29 is 24.1 Å². The summed E-state index contributed by atoms with van der Waals surface area (Å²) >= 11 is 0. The average molecular weight is 280 g/mol. The quantitative estimate of drug-likeness (QED) is 0.608. The third-order valence-corrected chi connectivity index (χ3v) is 2.66. The normalized spacial score (nSPS) is 12.2. The smallest absolute Gasteiger partial charge is 0.330 e. The summed E-state index contributed by atoms with van der Waals surface area (Å²) in [5, 5.41) is 9.88. The molecule has 20 heavy (non-hydrogen) atoms. The summed E-state index contributed by atoms with van der Waals surface area (Å²) < 4.78 is 15.1. The van der Waals surface area contributed by atoms with Crippen LogP contribution in [0.5, 0.6) is 11.5 Å². The van der Waals surface area contributed by atoms with Gasteiger partial charge >= 0.3 is 5.97 Å². The Balaban J connectivity index is 2.70. The first kappa shape index (κ1) is 16.0. The van der Waals surface area contributed by atoms with Crippen LogP contribution in [0.2, 0.25) is 0 Å². The number of ether oxygens (including phenoxy) is 3. The summed E-state index contributed by atoms with van der Waals surface area (Å²) in [6.45, 7) is 2.04. The molecule has 0 aliphatic carbocycles. The van der Waals surface area contributed by atoms with Crippen LogP contribution >= 0.6 is 0 Å². The molecule has 0 radical (unpaired) electrons. The predicted molar refractivity (Wildman–Crippen MR) is 75.0 cm³/mol. The summed E-state index contributed by atoms with van der Waals surface area (Å²) in [7, 11) is 3.13. The van der Waals surface area contributed by atoms with Gasteiger partial charge in [0.05, 0.1) is 26.9 Å². The molecule has 0 saturated carbocycles. The Morgan fingerprint density at radius 2 is 2.10 bits per heavy atom. The fourth-order valence-corrected chi connectivity index (χ4v) is 1.69. The maximum absolute atomic E-state index is 11.1. The molecule has 0 spiro atoms. The number of carbonyl (C=O) groups excluding carboxylic acids is 1. The van der Waals surface area contributed by atoms with Crippen LogP contribution in [0.15, 0.2) is 30.4 Å². The summed E-state index contributed by atoms with van der Waals surface area (Å²) in [4.78, 5) is 11.1. The van der Waals surface area contributed by atoms with E-state index in [1.807, 2.05) is 6.07 Å². The molecule has 110 valence electrons. The Hall–Kier alpha value is -2.01. The molecule has 5 nitrogen and oxygen atoms in total. The van der Waals surface area contributed by atoms with Crippen molar-refractivity contribution in [3.8, 4) is 11.5 Å². The van der Waals surface area contributed by atoms with E-state index in [-0.39, 0.29) is 0 Å². The van der Waals surface area contributed by atoms with Crippen molar-refractivity contribution in [1.29, 1.82) is 0 Å². The van der Waals surface area contributed by atoms with Crippen LogP contribution in [0.25, 0.3) is 0 Å². The van der Waals surface area contributed by atoms with Gasteiger partial charge in [0.1, 0.15) is 11.5 Å². The molecule has 0 aliphatic heterocycles. The van der Waals surface area contributed by atoms with Gasteiger partial charge in [-0.1, -0.05) is 6.07 Å². The first-order valence-corrected chi connectivity index (χ1v) is 6.34. The van der Waals surface area contributed by atoms with E-state index in [2.05, 4.69) is 0 Å². The Bertz CT molecular complexity index is 467. The molecule has 5 heteroatoms. The van der Waals surface area contributed by atoms with Crippen molar-refractivity contribution >= 4 is 5.97 Å². The third-order valence-electron chi connectivity index (χ3n) is 2.66. The second-order valence-electron chi connectivity index (χ2n) is 4.06. The molecule has 1 aromatic carbocycles. The zero-order valence-corrected chi connectivity index (χ0v) is 12.0. The van der Waals surface area contributed by atoms with Crippen LogP contribution in [0.1, 0.15) is 12.5 Å². The van der Waals surface area contributed by atoms with Crippen molar-refractivity contribution in [2.24, 2.45) is 0 Å². The Kier molecular flexibility index (Phi) is 6.59. The maximum Gasteiger partial charge on any atom is 0.330 e. The standard InChI is InChI=1S/C15H20O5/c1-4-20-15(17)8-6-12(16)9-11-5-7-13(18-2)10-14(11)19-3/h5-8,10,12,16H,4,9H2,1-3H3/b8-6+/t12-/m1/s1. The zero-order valence-electron chi connectivity index (χ0n) is 12.0. The van der Waals surface area contributed by atoms with E-state index in [0.29, 0.717) is 24.5 Å².